The number of nitrogens with one attached hydrogen (secondary N) is 1. The molecule has 4 aromatic carbocycles. The zero-order valence-electron chi connectivity index (χ0n) is 21.0. The minimum absolute atomic E-state index is 0.0280. The Morgan fingerprint density at radius 1 is 0.865 bits per heavy atom. The van der Waals surface area contributed by atoms with E-state index in [0.29, 0.717) is 10.7 Å². The molecule has 190 valence electrons. The molecule has 0 unspecified atom stereocenters. The Labute approximate surface area is 223 Å². The lowest BCUT2D eigenvalue weighted by atomic mass is 10.0. The normalized spacial score (nSPS) is 11.4. The quantitative estimate of drug-likeness (QED) is 0.257. The summed E-state index contributed by atoms with van der Waals surface area (Å²) in [5.41, 5.74) is 3.93. The van der Waals surface area contributed by atoms with Gasteiger partial charge < -0.3 is 5.32 Å². The number of sulfonamides is 1. The molecule has 0 spiro atoms. The summed E-state index contributed by atoms with van der Waals surface area (Å²) >= 11 is 6.06. The van der Waals surface area contributed by atoms with E-state index in [1.807, 2.05) is 31.2 Å². The molecule has 5 nitrogen and oxygen atoms in total. The van der Waals surface area contributed by atoms with Crippen LogP contribution in [0.4, 0.5) is 11.4 Å². The number of para-hydroxylation sites is 2. The van der Waals surface area contributed by atoms with Crippen LogP contribution in [0.5, 0.6) is 0 Å². The first-order valence-corrected chi connectivity index (χ1v) is 13.8. The molecule has 4 rings (SSSR count). The van der Waals surface area contributed by atoms with Crippen LogP contribution >= 0.6 is 11.6 Å². The van der Waals surface area contributed by atoms with Crippen LogP contribution in [-0.4, -0.2) is 14.3 Å². The minimum Gasteiger partial charge on any atom is -0.322 e. The minimum atomic E-state index is -4.01. The SMILES string of the molecule is Cc1ccc(S(=O)(=O)N(Cc2ccc(Cl)cc2)c2ccccc2C(=O)Nc2ccccc2C(C)C)cc1. The largest absolute Gasteiger partial charge is 0.322 e. The second kappa shape index (κ2) is 11.2. The van der Waals surface area contributed by atoms with Gasteiger partial charge in [0.15, 0.2) is 0 Å². The Morgan fingerprint density at radius 3 is 2.16 bits per heavy atom. The molecule has 0 radical (unpaired) electrons. The molecular weight excluding hydrogens is 504 g/mol. The summed E-state index contributed by atoms with van der Waals surface area (Å²) in [6.07, 6.45) is 0. The number of aryl methyl sites for hydroxylation is 1. The molecule has 0 aliphatic heterocycles. The molecule has 1 amide bonds. The lowest BCUT2D eigenvalue weighted by molar-refractivity contribution is 0.102. The molecule has 0 saturated heterocycles. The summed E-state index contributed by atoms with van der Waals surface area (Å²) in [6.45, 7) is 6.04. The molecule has 4 aromatic rings. The van der Waals surface area contributed by atoms with E-state index in [0.717, 1.165) is 16.7 Å². The number of hydrogen-bond donors (Lipinski definition) is 1. The van der Waals surface area contributed by atoms with Crippen molar-refractivity contribution >= 4 is 38.9 Å². The van der Waals surface area contributed by atoms with E-state index in [2.05, 4.69) is 19.2 Å². The van der Waals surface area contributed by atoms with Gasteiger partial charge in [-0.3, -0.25) is 9.10 Å². The van der Waals surface area contributed by atoms with Crippen molar-refractivity contribution in [1.29, 1.82) is 0 Å². The average Bonchev–Trinajstić information content (AvgIpc) is 2.88. The van der Waals surface area contributed by atoms with E-state index < -0.39 is 10.0 Å². The van der Waals surface area contributed by atoms with Gasteiger partial charge in [0, 0.05) is 10.7 Å². The Bertz CT molecular complexity index is 1500. The highest BCUT2D eigenvalue weighted by Crippen LogP contribution is 2.31. The van der Waals surface area contributed by atoms with Gasteiger partial charge in [-0.15, -0.1) is 0 Å². The van der Waals surface area contributed by atoms with Crippen LogP contribution < -0.4 is 9.62 Å². The lowest BCUT2D eigenvalue weighted by Crippen LogP contribution is -2.32. The molecule has 0 aromatic heterocycles. The third kappa shape index (κ3) is 6.04. The Hall–Kier alpha value is -3.61. The highest BCUT2D eigenvalue weighted by Gasteiger charge is 2.29. The molecular formula is C30H29ClN2O3S. The first kappa shape index (κ1) is 26.5. The number of halogens is 1. The van der Waals surface area contributed by atoms with Crippen LogP contribution in [0.2, 0.25) is 5.02 Å². The molecule has 1 N–H and O–H groups in total. The fourth-order valence-corrected chi connectivity index (χ4v) is 5.68. The fourth-order valence-electron chi connectivity index (χ4n) is 4.08. The molecule has 0 fully saturated rings. The first-order chi connectivity index (χ1) is 17.7. The summed E-state index contributed by atoms with van der Waals surface area (Å²) < 4.78 is 29.2. The highest BCUT2D eigenvalue weighted by atomic mass is 35.5. The summed E-state index contributed by atoms with van der Waals surface area (Å²) in [7, 11) is -4.01. The first-order valence-electron chi connectivity index (χ1n) is 12.0. The number of carbonyl (C=O) groups excluding carboxylic acids is 1. The smallest absolute Gasteiger partial charge is 0.264 e. The Balaban J connectivity index is 1.80. The van der Waals surface area contributed by atoms with Crippen molar-refractivity contribution in [3.63, 3.8) is 0 Å². The number of nitrogens with zero attached hydrogens (tertiary/aromatic N) is 1. The van der Waals surface area contributed by atoms with Gasteiger partial charge in [-0.25, -0.2) is 8.42 Å². The maximum absolute atomic E-state index is 14.0. The van der Waals surface area contributed by atoms with Crippen molar-refractivity contribution in [3.05, 3.63) is 124 Å². The molecule has 0 saturated carbocycles. The number of hydrogen-bond acceptors (Lipinski definition) is 3. The summed E-state index contributed by atoms with van der Waals surface area (Å²) in [4.78, 5) is 13.7. The van der Waals surface area contributed by atoms with Crippen molar-refractivity contribution in [2.75, 3.05) is 9.62 Å². The van der Waals surface area contributed by atoms with Crippen molar-refractivity contribution in [1.82, 2.24) is 0 Å². The van der Waals surface area contributed by atoms with Crippen LogP contribution in [0.25, 0.3) is 0 Å². The third-order valence-corrected chi connectivity index (χ3v) is 8.12. The number of benzene rings is 4. The van der Waals surface area contributed by atoms with Gasteiger partial charge in [-0.1, -0.05) is 85.6 Å². The summed E-state index contributed by atoms with van der Waals surface area (Å²) in [6, 6.07) is 28.1. The number of amides is 1. The van der Waals surface area contributed by atoms with E-state index in [9.17, 15) is 13.2 Å². The van der Waals surface area contributed by atoms with Gasteiger partial charge >= 0.3 is 0 Å². The zero-order chi connectivity index (χ0) is 26.6. The molecule has 0 atom stereocenters. The number of carbonyl (C=O) groups is 1. The topological polar surface area (TPSA) is 66.5 Å². The van der Waals surface area contributed by atoms with E-state index in [1.165, 1.54) is 4.31 Å². The molecule has 7 heteroatoms. The van der Waals surface area contributed by atoms with Crippen LogP contribution in [0.3, 0.4) is 0 Å². The molecule has 0 bridgehead atoms. The predicted molar refractivity (Wildman–Crippen MR) is 151 cm³/mol. The van der Waals surface area contributed by atoms with Gasteiger partial charge in [0.2, 0.25) is 0 Å². The second-order valence-corrected chi connectivity index (χ2v) is 11.5. The van der Waals surface area contributed by atoms with Crippen LogP contribution in [0.1, 0.15) is 46.8 Å². The van der Waals surface area contributed by atoms with Crippen LogP contribution in [-0.2, 0) is 16.6 Å². The molecule has 0 heterocycles. The second-order valence-electron chi connectivity index (χ2n) is 9.16. The van der Waals surface area contributed by atoms with Gasteiger partial charge in [-0.2, -0.15) is 0 Å². The average molecular weight is 533 g/mol. The third-order valence-electron chi connectivity index (χ3n) is 6.10. The van der Waals surface area contributed by atoms with Gasteiger partial charge in [0.25, 0.3) is 15.9 Å². The van der Waals surface area contributed by atoms with Crippen molar-refractivity contribution in [2.45, 2.75) is 38.1 Å². The van der Waals surface area contributed by atoms with E-state index in [1.54, 1.807) is 72.8 Å². The molecule has 0 aliphatic carbocycles. The predicted octanol–water partition coefficient (Wildman–Crippen LogP) is 7.42. The van der Waals surface area contributed by atoms with E-state index in [-0.39, 0.29) is 34.5 Å². The fraction of sp³-hybridized carbons (Fsp3) is 0.167. The van der Waals surface area contributed by atoms with E-state index >= 15 is 0 Å². The van der Waals surface area contributed by atoms with Gasteiger partial charge in [-0.05, 0) is 66.4 Å². The number of rotatable bonds is 8. The Kier molecular flexibility index (Phi) is 8.00. The van der Waals surface area contributed by atoms with Crippen LogP contribution in [0.15, 0.2) is 102 Å². The van der Waals surface area contributed by atoms with Crippen LogP contribution in [0, 0.1) is 6.92 Å². The van der Waals surface area contributed by atoms with Crippen molar-refractivity contribution < 1.29 is 13.2 Å². The zero-order valence-corrected chi connectivity index (χ0v) is 22.6. The number of anilines is 2. The van der Waals surface area contributed by atoms with Gasteiger partial charge in [0.05, 0.1) is 22.7 Å². The maximum Gasteiger partial charge on any atom is 0.264 e. The van der Waals surface area contributed by atoms with Crippen molar-refractivity contribution in [2.24, 2.45) is 0 Å². The van der Waals surface area contributed by atoms with E-state index in [4.69, 9.17) is 11.6 Å². The monoisotopic (exact) mass is 532 g/mol. The summed E-state index contributed by atoms with van der Waals surface area (Å²) in [5, 5.41) is 3.55. The molecule has 0 aliphatic rings. The summed E-state index contributed by atoms with van der Waals surface area (Å²) in [5.74, 6) is -0.182. The maximum atomic E-state index is 14.0. The van der Waals surface area contributed by atoms with Crippen molar-refractivity contribution in [3.8, 4) is 0 Å². The standard InChI is InChI=1S/C30H29ClN2O3S/c1-21(2)26-8-4-6-10-28(26)32-30(34)27-9-5-7-11-29(27)33(20-23-14-16-24(31)17-15-23)37(35,36)25-18-12-22(3)13-19-25/h4-19,21H,20H2,1-3H3,(H,32,34). The lowest BCUT2D eigenvalue weighted by Gasteiger charge is -2.27. The van der Waals surface area contributed by atoms with Gasteiger partial charge in [0.1, 0.15) is 0 Å². The highest BCUT2D eigenvalue weighted by molar-refractivity contribution is 7.92. The molecule has 37 heavy (non-hydrogen) atoms. The Morgan fingerprint density at radius 2 is 1.49 bits per heavy atom.